The van der Waals surface area contributed by atoms with Crippen LogP contribution >= 0.6 is 0 Å². The van der Waals surface area contributed by atoms with Gasteiger partial charge in [-0.1, -0.05) is 0 Å². The van der Waals surface area contributed by atoms with Crippen LogP contribution in [0, 0.1) is 0 Å². The molecular formula is C13H23NO2. The van der Waals surface area contributed by atoms with Gasteiger partial charge in [-0.05, 0) is 51.4 Å². The zero-order chi connectivity index (χ0) is 11.1. The van der Waals surface area contributed by atoms with E-state index < -0.39 is 0 Å². The van der Waals surface area contributed by atoms with Crippen LogP contribution in [0.4, 0.5) is 0 Å². The first-order valence-corrected chi connectivity index (χ1v) is 6.87. The van der Waals surface area contributed by atoms with Crippen LogP contribution in [0.5, 0.6) is 0 Å². The van der Waals surface area contributed by atoms with E-state index in [1.807, 2.05) is 0 Å². The summed E-state index contributed by atoms with van der Waals surface area (Å²) in [6.45, 7) is 0. The average Bonchev–Trinajstić information content (AvgIpc) is 2.54. The Kier molecular flexibility index (Phi) is 2.94. The Morgan fingerprint density at radius 3 is 1.69 bits per heavy atom. The highest BCUT2D eigenvalue weighted by atomic mass is 16.3. The smallest absolute Gasteiger partial charge is 0.0570 e. The molecule has 16 heavy (non-hydrogen) atoms. The van der Waals surface area contributed by atoms with Gasteiger partial charge >= 0.3 is 0 Å². The fourth-order valence-corrected chi connectivity index (χ4v) is 4.14. The van der Waals surface area contributed by atoms with Gasteiger partial charge in [0.1, 0.15) is 0 Å². The Morgan fingerprint density at radius 1 is 0.625 bits per heavy atom. The van der Waals surface area contributed by atoms with E-state index >= 15 is 0 Å². The Balaban J connectivity index is 1.67. The van der Waals surface area contributed by atoms with Crippen molar-refractivity contribution in [2.45, 2.75) is 81.7 Å². The van der Waals surface area contributed by atoms with E-state index in [4.69, 9.17) is 0 Å². The summed E-state index contributed by atoms with van der Waals surface area (Å²) in [4.78, 5) is 2.69. The number of aliphatic hydroxyl groups excluding tert-OH is 2. The number of nitrogens with zero attached hydrogens (tertiary/aromatic N) is 1. The van der Waals surface area contributed by atoms with Crippen molar-refractivity contribution in [2.24, 2.45) is 0 Å². The molecule has 2 N–H and O–H groups in total. The van der Waals surface area contributed by atoms with Crippen molar-refractivity contribution >= 4 is 0 Å². The summed E-state index contributed by atoms with van der Waals surface area (Å²) >= 11 is 0. The molecule has 2 unspecified atom stereocenters. The van der Waals surface area contributed by atoms with Gasteiger partial charge in [0.15, 0.2) is 0 Å². The van der Waals surface area contributed by atoms with Crippen LogP contribution in [0.1, 0.15) is 51.4 Å². The minimum Gasteiger partial charge on any atom is -0.393 e. The molecule has 3 rings (SSSR count). The Bertz CT molecular complexity index is 236. The van der Waals surface area contributed by atoms with E-state index in [9.17, 15) is 10.2 Å². The van der Waals surface area contributed by atoms with E-state index in [1.165, 1.54) is 12.8 Å². The third-order valence-corrected chi connectivity index (χ3v) is 4.85. The van der Waals surface area contributed by atoms with Crippen molar-refractivity contribution in [2.75, 3.05) is 0 Å². The molecule has 1 aliphatic carbocycles. The van der Waals surface area contributed by atoms with Gasteiger partial charge in [-0.15, -0.1) is 0 Å². The van der Waals surface area contributed by atoms with Gasteiger partial charge in [-0.3, -0.25) is 4.90 Å². The van der Waals surface area contributed by atoms with Crippen LogP contribution < -0.4 is 0 Å². The minimum absolute atomic E-state index is 0.0516. The van der Waals surface area contributed by atoms with Crippen molar-refractivity contribution < 1.29 is 10.2 Å². The highest BCUT2D eigenvalue weighted by Gasteiger charge is 2.43. The minimum atomic E-state index is -0.0528. The standard InChI is InChI=1S/C13H23NO2/c15-12-5-3-9(4-6-12)14-10-1-2-11(14)8-13(16)7-10/h9-13,15-16H,1-8H2. The molecule has 2 atom stereocenters. The highest BCUT2D eigenvalue weighted by molar-refractivity contribution is 4.99. The van der Waals surface area contributed by atoms with Crippen LogP contribution in [0.15, 0.2) is 0 Å². The summed E-state index contributed by atoms with van der Waals surface area (Å²) < 4.78 is 0. The van der Waals surface area contributed by atoms with Crippen LogP contribution in [0.3, 0.4) is 0 Å². The Morgan fingerprint density at radius 2 is 1.12 bits per heavy atom. The largest absolute Gasteiger partial charge is 0.393 e. The number of hydrogen-bond donors (Lipinski definition) is 2. The molecule has 0 aromatic rings. The van der Waals surface area contributed by atoms with E-state index in [1.54, 1.807) is 0 Å². The molecule has 2 aliphatic heterocycles. The van der Waals surface area contributed by atoms with Gasteiger partial charge in [-0.2, -0.15) is 0 Å². The predicted molar refractivity (Wildman–Crippen MR) is 62.2 cm³/mol. The van der Waals surface area contributed by atoms with Crippen molar-refractivity contribution in [3.8, 4) is 0 Å². The van der Waals surface area contributed by atoms with Crippen molar-refractivity contribution in [3.05, 3.63) is 0 Å². The molecule has 3 heteroatoms. The van der Waals surface area contributed by atoms with Gasteiger partial charge in [0, 0.05) is 18.1 Å². The third kappa shape index (κ3) is 1.89. The molecule has 2 bridgehead atoms. The maximum absolute atomic E-state index is 9.78. The molecule has 0 radical (unpaired) electrons. The van der Waals surface area contributed by atoms with E-state index in [2.05, 4.69) is 4.90 Å². The molecule has 0 amide bonds. The first-order valence-electron chi connectivity index (χ1n) is 6.87. The van der Waals surface area contributed by atoms with Gasteiger partial charge in [0.25, 0.3) is 0 Å². The monoisotopic (exact) mass is 225 g/mol. The second-order valence-electron chi connectivity index (χ2n) is 5.92. The zero-order valence-corrected chi connectivity index (χ0v) is 9.89. The molecule has 3 fully saturated rings. The number of piperidine rings is 1. The topological polar surface area (TPSA) is 43.7 Å². The fraction of sp³-hybridized carbons (Fsp3) is 1.00. The summed E-state index contributed by atoms with van der Waals surface area (Å²) in [6.07, 6.45) is 8.68. The summed E-state index contributed by atoms with van der Waals surface area (Å²) in [5.74, 6) is 0. The molecule has 0 aromatic carbocycles. The van der Waals surface area contributed by atoms with Gasteiger partial charge in [0.05, 0.1) is 12.2 Å². The predicted octanol–water partition coefficient (Wildman–Crippen LogP) is 1.28. The maximum atomic E-state index is 9.78. The van der Waals surface area contributed by atoms with Crippen LogP contribution in [-0.2, 0) is 0 Å². The number of hydrogen-bond acceptors (Lipinski definition) is 3. The lowest BCUT2D eigenvalue weighted by Gasteiger charge is -2.44. The van der Waals surface area contributed by atoms with Crippen molar-refractivity contribution in [1.29, 1.82) is 0 Å². The fourth-order valence-electron chi connectivity index (χ4n) is 4.14. The highest BCUT2D eigenvalue weighted by Crippen LogP contribution is 2.40. The van der Waals surface area contributed by atoms with E-state index in [-0.39, 0.29) is 12.2 Å². The average molecular weight is 225 g/mol. The second kappa shape index (κ2) is 4.28. The lowest BCUT2D eigenvalue weighted by molar-refractivity contribution is -0.0125. The first-order chi connectivity index (χ1) is 7.74. The van der Waals surface area contributed by atoms with Gasteiger partial charge in [0.2, 0.25) is 0 Å². The number of fused-ring (bicyclic) bond motifs is 2. The van der Waals surface area contributed by atoms with Gasteiger partial charge in [-0.25, -0.2) is 0 Å². The summed E-state index contributed by atoms with van der Waals surface area (Å²) in [7, 11) is 0. The van der Waals surface area contributed by atoms with Crippen molar-refractivity contribution in [1.82, 2.24) is 4.90 Å². The lowest BCUT2D eigenvalue weighted by atomic mass is 9.88. The number of aliphatic hydroxyl groups is 2. The van der Waals surface area contributed by atoms with Crippen LogP contribution in [0.25, 0.3) is 0 Å². The maximum Gasteiger partial charge on any atom is 0.0570 e. The summed E-state index contributed by atoms with van der Waals surface area (Å²) in [5, 5.41) is 19.3. The Labute approximate surface area is 97.4 Å². The van der Waals surface area contributed by atoms with E-state index in [0.717, 1.165) is 38.5 Å². The molecule has 3 aliphatic rings. The first kappa shape index (κ1) is 11.0. The summed E-state index contributed by atoms with van der Waals surface area (Å²) in [6, 6.07) is 1.95. The second-order valence-corrected chi connectivity index (χ2v) is 5.92. The molecule has 0 aromatic heterocycles. The van der Waals surface area contributed by atoms with Crippen molar-refractivity contribution in [3.63, 3.8) is 0 Å². The molecule has 2 saturated heterocycles. The quantitative estimate of drug-likeness (QED) is 0.706. The van der Waals surface area contributed by atoms with Crippen LogP contribution in [-0.4, -0.2) is 45.4 Å². The van der Waals surface area contributed by atoms with Gasteiger partial charge < -0.3 is 10.2 Å². The molecular weight excluding hydrogens is 202 g/mol. The van der Waals surface area contributed by atoms with Crippen LogP contribution in [0.2, 0.25) is 0 Å². The normalized spacial score (nSPS) is 49.5. The molecule has 0 spiro atoms. The summed E-state index contributed by atoms with van der Waals surface area (Å²) in [5.41, 5.74) is 0. The molecule has 1 saturated carbocycles. The third-order valence-electron chi connectivity index (χ3n) is 4.85. The SMILES string of the molecule is OC1CCC(N2C3CCC2CC(O)C3)CC1. The zero-order valence-electron chi connectivity index (χ0n) is 9.89. The molecule has 92 valence electrons. The lowest BCUT2D eigenvalue weighted by Crippen LogP contribution is -2.51. The van der Waals surface area contributed by atoms with E-state index in [0.29, 0.717) is 18.1 Å². The number of rotatable bonds is 1. The molecule has 2 heterocycles. The Hall–Kier alpha value is -0.120. The molecule has 3 nitrogen and oxygen atoms in total.